The first-order chi connectivity index (χ1) is 5.15. The average molecular weight is 160 g/mol. The molecule has 66 valence electrons. The SMILES string of the molecule is CCCCCC=O.NC(N)=O. The Labute approximate surface area is 66.9 Å². The Balaban J connectivity index is 0. The lowest BCUT2D eigenvalue weighted by Crippen LogP contribution is -2.18. The summed E-state index contributed by atoms with van der Waals surface area (Å²) in [6.07, 6.45) is 5.19. The van der Waals surface area contributed by atoms with Crippen LogP contribution in [0, 0.1) is 0 Å². The van der Waals surface area contributed by atoms with Gasteiger partial charge in [-0.25, -0.2) is 4.79 Å². The van der Waals surface area contributed by atoms with E-state index in [9.17, 15) is 4.79 Å². The second kappa shape index (κ2) is 11.7. The van der Waals surface area contributed by atoms with Crippen LogP contribution in [-0.2, 0) is 4.79 Å². The summed E-state index contributed by atoms with van der Waals surface area (Å²) in [5, 5.41) is 0. The monoisotopic (exact) mass is 160 g/mol. The van der Waals surface area contributed by atoms with Crippen molar-refractivity contribution < 1.29 is 9.59 Å². The summed E-state index contributed by atoms with van der Waals surface area (Å²) in [6, 6.07) is -0.833. The molecule has 0 aliphatic heterocycles. The van der Waals surface area contributed by atoms with E-state index < -0.39 is 6.03 Å². The normalized spacial score (nSPS) is 7.73. The van der Waals surface area contributed by atoms with Crippen molar-refractivity contribution in [3.8, 4) is 0 Å². The Bertz CT molecular complexity index is 101. The Morgan fingerprint density at radius 1 is 1.36 bits per heavy atom. The van der Waals surface area contributed by atoms with Crippen molar-refractivity contribution in [2.24, 2.45) is 11.5 Å². The summed E-state index contributed by atoms with van der Waals surface area (Å²) in [5.41, 5.74) is 8.50. The van der Waals surface area contributed by atoms with E-state index in [0.717, 1.165) is 19.1 Å². The summed E-state index contributed by atoms with van der Waals surface area (Å²) >= 11 is 0. The number of rotatable bonds is 4. The van der Waals surface area contributed by atoms with Crippen molar-refractivity contribution in [1.82, 2.24) is 0 Å². The minimum absolute atomic E-state index is 0.744. The number of primary amides is 2. The van der Waals surface area contributed by atoms with Crippen molar-refractivity contribution in [3.63, 3.8) is 0 Å². The average Bonchev–Trinajstić information content (AvgIpc) is 1.88. The van der Waals surface area contributed by atoms with Crippen LogP contribution in [0.1, 0.15) is 32.6 Å². The number of amides is 2. The first kappa shape index (κ1) is 12.6. The lowest BCUT2D eigenvalue weighted by atomic mass is 10.2. The van der Waals surface area contributed by atoms with Gasteiger partial charge in [0.05, 0.1) is 0 Å². The van der Waals surface area contributed by atoms with Crippen molar-refractivity contribution in [1.29, 1.82) is 0 Å². The summed E-state index contributed by atoms with van der Waals surface area (Å²) in [5.74, 6) is 0. The van der Waals surface area contributed by atoms with Crippen LogP contribution >= 0.6 is 0 Å². The molecule has 0 fully saturated rings. The zero-order valence-corrected chi connectivity index (χ0v) is 6.88. The molecule has 0 aromatic rings. The Morgan fingerprint density at radius 3 is 2.09 bits per heavy atom. The fourth-order valence-electron chi connectivity index (χ4n) is 0.478. The molecule has 11 heavy (non-hydrogen) atoms. The van der Waals surface area contributed by atoms with Crippen LogP contribution in [0.3, 0.4) is 0 Å². The van der Waals surface area contributed by atoms with Gasteiger partial charge in [-0.05, 0) is 6.42 Å². The van der Waals surface area contributed by atoms with Gasteiger partial charge in [0, 0.05) is 6.42 Å². The number of hydrogen-bond acceptors (Lipinski definition) is 2. The fourth-order valence-corrected chi connectivity index (χ4v) is 0.478. The van der Waals surface area contributed by atoms with E-state index in [1.807, 2.05) is 0 Å². The molecular formula is C7H16N2O2. The van der Waals surface area contributed by atoms with Gasteiger partial charge in [0.2, 0.25) is 0 Å². The molecule has 0 radical (unpaired) electrons. The first-order valence-electron chi connectivity index (χ1n) is 3.63. The van der Waals surface area contributed by atoms with E-state index in [0.29, 0.717) is 0 Å². The highest BCUT2D eigenvalue weighted by atomic mass is 16.2. The number of carbonyl (C=O) groups is 2. The predicted molar refractivity (Wildman–Crippen MR) is 44.0 cm³/mol. The number of carbonyl (C=O) groups excluding carboxylic acids is 2. The highest BCUT2D eigenvalue weighted by Crippen LogP contribution is 1.94. The van der Waals surface area contributed by atoms with Crippen LogP contribution in [0.2, 0.25) is 0 Å². The highest BCUT2D eigenvalue weighted by Gasteiger charge is 1.80. The van der Waals surface area contributed by atoms with E-state index in [1.54, 1.807) is 0 Å². The molecule has 4 heteroatoms. The van der Waals surface area contributed by atoms with E-state index in [-0.39, 0.29) is 0 Å². The third kappa shape index (κ3) is 49.8. The van der Waals surface area contributed by atoms with Crippen LogP contribution < -0.4 is 11.5 Å². The van der Waals surface area contributed by atoms with Crippen LogP contribution in [0.5, 0.6) is 0 Å². The lowest BCUT2D eigenvalue weighted by molar-refractivity contribution is -0.107. The second-order valence-electron chi connectivity index (χ2n) is 2.06. The van der Waals surface area contributed by atoms with E-state index in [2.05, 4.69) is 18.4 Å². The van der Waals surface area contributed by atoms with E-state index in [4.69, 9.17) is 4.79 Å². The van der Waals surface area contributed by atoms with Gasteiger partial charge in [-0.1, -0.05) is 19.8 Å². The number of hydrogen-bond donors (Lipinski definition) is 2. The predicted octanol–water partition coefficient (Wildman–Crippen LogP) is 0.789. The maximum atomic E-state index is 9.68. The molecule has 0 atom stereocenters. The molecule has 0 spiro atoms. The first-order valence-corrected chi connectivity index (χ1v) is 3.63. The van der Waals surface area contributed by atoms with Crippen molar-refractivity contribution in [2.45, 2.75) is 32.6 Å². The van der Waals surface area contributed by atoms with Gasteiger partial charge >= 0.3 is 6.03 Å². The van der Waals surface area contributed by atoms with Gasteiger partial charge in [-0.15, -0.1) is 0 Å². The summed E-state index contributed by atoms with van der Waals surface area (Å²) in [6.45, 7) is 2.13. The molecule has 0 aliphatic carbocycles. The van der Waals surface area contributed by atoms with Gasteiger partial charge in [0.25, 0.3) is 0 Å². The van der Waals surface area contributed by atoms with Gasteiger partial charge in [-0.3, -0.25) is 0 Å². The topological polar surface area (TPSA) is 86.2 Å². The summed E-state index contributed by atoms with van der Waals surface area (Å²) < 4.78 is 0. The Kier molecular flexibility index (Phi) is 13.4. The zero-order valence-electron chi connectivity index (χ0n) is 6.88. The lowest BCUT2D eigenvalue weighted by Gasteiger charge is -1.85. The van der Waals surface area contributed by atoms with Crippen molar-refractivity contribution in [3.05, 3.63) is 0 Å². The standard InChI is InChI=1S/C6H12O.CH4N2O/c1-2-3-4-5-6-7;2-1(3)4/h6H,2-5H2,1H3;(H4,2,3,4). The molecule has 0 heterocycles. The van der Waals surface area contributed by atoms with Crippen molar-refractivity contribution >= 4 is 12.3 Å². The second-order valence-corrected chi connectivity index (χ2v) is 2.06. The Hall–Kier alpha value is -1.06. The molecule has 2 amide bonds. The summed E-state index contributed by atoms with van der Waals surface area (Å²) in [4.78, 5) is 18.7. The van der Waals surface area contributed by atoms with Gasteiger partial charge in [-0.2, -0.15) is 0 Å². The van der Waals surface area contributed by atoms with Crippen LogP contribution in [0.15, 0.2) is 0 Å². The molecule has 4 N–H and O–H groups in total. The maximum Gasteiger partial charge on any atom is 0.309 e. The minimum atomic E-state index is -0.833. The smallest absolute Gasteiger partial charge is 0.309 e. The largest absolute Gasteiger partial charge is 0.352 e. The zero-order chi connectivity index (χ0) is 9.11. The molecule has 4 nitrogen and oxygen atoms in total. The summed E-state index contributed by atoms with van der Waals surface area (Å²) in [7, 11) is 0. The Morgan fingerprint density at radius 2 is 1.82 bits per heavy atom. The number of unbranched alkanes of at least 4 members (excludes halogenated alkanes) is 3. The molecule has 0 saturated heterocycles. The van der Waals surface area contributed by atoms with Crippen LogP contribution in [-0.4, -0.2) is 12.3 Å². The number of urea groups is 1. The minimum Gasteiger partial charge on any atom is -0.352 e. The maximum absolute atomic E-state index is 9.68. The van der Waals surface area contributed by atoms with E-state index in [1.165, 1.54) is 12.8 Å². The molecular weight excluding hydrogens is 144 g/mol. The molecule has 0 aromatic carbocycles. The number of aldehydes is 1. The van der Waals surface area contributed by atoms with Crippen LogP contribution in [0.25, 0.3) is 0 Å². The van der Waals surface area contributed by atoms with Crippen LogP contribution in [0.4, 0.5) is 4.79 Å². The molecule has 0 rings (SSSR count). The van der Waals surface area contributed by atoms with Gasteiger partial charge < -0.3 is 16.3 Å². The molecule has 0 aliphatic rings. The third-order valence-electron chi connectivity index (χ3n) is 0.926. The number of nitrogens with two attached hydrogens (primary N) is 2. The fraction of sp³-hybridized carbons (Fsp3) is 0.714. The van der Waals surface area contributed by atoms with Gasteiger partial charge in [0.15, 0.2) is 0 Å². The third-order valence-corrected chi connectivity index (χ3v) is 0.926. The molecule has 0 unspecified atom stereocenters. The molecule has 0 saturated carbocycles. The quantitative estimate of drug-likeness (QED) is 0.470. The van der Waals surface area contributed by atoms with Crippen molar-refractivity contribution in [2.75, 3.05) is 0 Å². The van der Waals surface area contributed by atoms with E-state index >= 15 is 0 Å². The van der Waals surface area contributed by atoms with Gasteiger partial charge in [0.1, 0.15) is 6.29 Å². The highest BCUT2D eigenvalue weighted by molar-refractivity contribution is 5.69. The molecule has 0 aromatic heterocycles. The molecule has 0 bridgehead atoms.